The zero-order valence-corrected chi connectivity index (χ0v) is 20.9. The molecule has 0 spiro atoms. The lowest BCUT2D eigenvalue weighted by molar-refractivity contribution is -0.126. The van der Waals surface area contributed by atoms with E-state index in [1.54, 1.807) is 37.3 Å². The number of nitrogens with one attached hydrogen (secondary N) is 1. The number of thiocarbonyl (C=S) groups is 1. The largest absolute Gasteiger partial charge is 0.462 e. The van der Waals surface area contributed by atoms with Crippen molar-refractivity contribution in [1.82, 2.24) is 4.90 Å². The summed E-state index contributed by atoms with van der Waals surface area (Å²) in [5, 5.41) is 2.71. The molecule has 182 valence electrons. The Kier molecular flexibility index (Phi) is 8.14. The minimum Gasteiger partial charge on any atom is -0.462 e. The van der Waals surface area contributed by atoms with Crippen LogP contribution >= 0.6 is 24.0 Å². The third-order valence-electron chi connectivity index (χ3n) is 4.99. The minimum atomic E-state index is -0.433. The van der Waals surface area contributed by atoms with Gasteiger partial charge in [0, 0.05) is 5.69 Å². The molecule has 1 aliphatic rings. The van der Waals surface area contributed by atoms with Crippen molar-refractivity contribution in [2.45, 2.75) is 6.92 Å². The van der Waals surface area contributed by atoms with Gasteiger partial charge in [-0.15, -0.1) is 0 Å². The summed E-state index contributed by atoms with van der Waals surface area (Å²) in [6, 6.07) is 23.1. The lowest BCUT2D eigenvalue weighted by atomic mass is 10.2. The van der Waals surface area contributed by atoms with E-state index in [1.165, 1.54) is 4.90 Å². The van der Waals surface area contributed by atoms with Crippen LogP contribution in [0.25, 0.3) is 6.08 Å². The molecule has 0 bridgehead atoms. The average molecular weight is 519 g/mol. The zero-order chi connectivity index (χ0) is 25.5. The Morgan fingerprint density at radius 1 is 1.00 bits per heavy atom. The molecule has 0 aromatic heterocycles. The molecule has 7 nitrogen and oxygen atoms in total. The van der Waals surface area contributed by atoms with Crippen LogP contribution in [0.4, 0.5) is 5.69 Å². The van der Waals surface area contributed by atoms with Crippen molar-refractivity contribution >= 4 is 57.8 Å². The van der Waals surface area contributed by atoms with Crippen LogP contribution in [-0.4, -0.2) is 40.2 Å². The fraction of sp³-hybridized carbons (Fsp3) is 0.111. The highest BCUT2D eigenvalue weighted by Crippen LogP contribution is 2.33. The maximum atomic E-state index is 13.0. The van der Waals surface area contributed by atoms with E-state index >= 15 is 0 Å². The van der Waals surface area contributed by atoms with Crippen LogP contribution in [-0.2, 0) is 14.3 Å². The predicted molar refractivity (Wildman–Crippen MR) is 144 cm³/mol. The molecule has 0 radical (unpaired) electrons. The van der Waals surface area contributed by atoms with Crippen LogP contribution in [0.15, 0.2) is 83.8 Å². The van der Waals surface area contributed by atoms with Crippen molar-refractivity contribution in [2.75, 3.05) is 18.5 Å². The van der Waals surface area contributed by atoms with Crippen LogP contribution in [0, 0.1) is 0 Å². The summed E-state index contributed by atoms with van der Waals surface area (Å²) in [5.41, 5.74) is 1.65. The SMILES string of the molecule is CCOC(=O)c1ccc(NC(=O)CN2C(=O)/C(=C/c3cccc(Oc4ccccc4)c3)SC2=S)cc1. The van der Waals surface area contributed by atoms with E-state index in [2.05, 4.69) is 5.32 Å². The number of nitrogens with zero attached hydrogens (tertiary/aromatic N) is 1. The van der Waals surface area contributed by atoms with Gasteiger partial charge in [0.1, 0.15) is 22.4 Å². The van der Waals surface area contributed by atoms with Gasteiger partial charge in [-0.05, 0) is 67.1 Å². The van der Waals surface area contributed by atoms with Gasteiger partial charge in [-0.2, -0.15) is 0 Å². The van der Waals surface area contributed by atoms with Gasteiger partial charge in [0.25, 0.3) is 5.91 Å². The van der Waals surface area contributed by atoms with Gasteiger partial charge in [0.15, 0.2) is 0 Å². The average Bonchev–Trinajstić information content (AvgIpc) is 3.12. The summed E-state index contributed by atoms with van der Waals surface area (Å²) in [6.07, 6.45) is 1.73. The fourth-order valence-corrected chi connectivity index (χ4v) is 4.58. The Bertz CT molecular complexity index is 1320. The topological polar surface area (TPSA) is 84.9 Å². The Morgan fingerprint density at radius 3 is 2.44 bits per heavy atom. The Labute approximate surface area is 218 Å². The molecule has 3 aromatic rings. The lowest BCUT2D eigenvalue weighted by Gasteiger charge is -2.14. The molecule has 1 saturated heterocycles. The highest BCUT2D eigenvalue weighted by molar-refractivity contribution is 8.26. The summed E-state index contributed by atoms with van der Waals surface area (Å²) >= 11 is 6.49. The predicted octanol–water partition coefficient (Wildman–Crippen LogP) is 5.50. The normalized spacial score (nSPS) is 14.1. The molecule has 4 rings (SSSR count). The van der Waals surface area contributed by atoms with Crippen molar-refractivity contribution in [3.8, 4) is 11.5 Å². The molecular formula is C27H22N2O5S2. The molecular weight excluding hydrogens is 496 g/mol. The van der Waals surface area contributed by atoms with E-state index in [-0.39, 0.29) is 19.1 Å². The summed E-state index contributed by atoms with van der Waals surface area (Å²) < 4.78 is 11.1. The highest BCUT2D eigenvalue weighted by atomic mass is 32.2. The van der Waals surface area contributed by atoms with Gasteiger partial charge in [-0.25, -0.2) is 4.79 Å². The van der Waals surface area contributed by atoms with Crippen molar-refractivity contribution in [1.29, 1.82) is 0 Å². The number of amides is 2. The molecule has 0 atom stereocenters. The van der Waals surface area contributed by atoms with Crippen LogP contribution in [0.3, 0.4) is 0 Å². The number of ether oxygens (including phenoxy) is 2. The first-order chi connectivity index (χ1) is 17.4. The second-order valence-electron chi connectivity index (χ2n) is 7.60. The summed E-state index contributed by atoms with van der Waals surface area (Å²) in [5.74, 6) is 0.167. The van der Waals surface area contributed by atoms with Gasteiger partial charge in [-0.3, -0.25) is 14.5 Å². The monoisotopic (exact) mass is 518 g/mol. The zero-order valence-electron chi connectivity index (χ0n) is 19.3. The third-order valence-corrected chi connectivity index (χ3v) is 6.37. The molecule has 0 unspecified atom stereocenters. The number of rotatable bonds is 8. The van der Waals surface area contributed by atoms with Gasteiger partial charge in [0.05, 0.1) is 17.1 Å². The number of carbonyl (C=O) groups is 3. The maximum Gasteiger partial charge on any atom is 0.338 e. The number of benzene rings is 3. The molecule has 1 heterocycles. The Hall–Kier alpha value is -3.95. The van der Waals surface area contributed by atoms with Crippen molar-refractivity contribution in [2.24, 2.45) is 0 Å². The van der Waals surface area contributed by atoms with Crippen LogP contribution in [0.2, 0.25) is 0 Å². The number of hydrogen-bond donors (Lipinski definition) is 1. The molecule has 1 aliphatic heterocycles. The maximum absolute atomic E-state index is 13.0. The number of hydrogen-bond acceptors (Lipinski definition) is 7. The standard InChI is InChI=1S/C27H22N2O5S2/c1-2-33-26(32)19-11-13-20(14-12-19)28-24(30)17-29-25(31)23(36-27(29)35)16-18-7-6-10-22(15-18)34-21-8-4-3-5-9-21/h3-16H,2,17H2,1H3,(H,28,30)/b23-16-. The second kappa shape index (κ2) is 11.7. The second-order valence-corrected chi connectivity index (χ2v) is 9.28. The molecule has 9 heteroatoms. The summed E-state index contributed by atoms with van der Waals surface area (Å²) in [6.45, 7) is 1.79. The van der Waals surface area contributed by atoms with Crippen LogP contribution in [0.5, 0.6) is 11.5 Å². The quantitative estimate of drug-likeness (QED) is 0.240. The third kappa shape index (κ3) is 6.38. The van der Waals surface area contributed by atoms with E-state index in [1.807, 2.05) is 54.6 Å². The summed E-state index contributed by atoms with van der Waals surface area (Å²) in [7, 11) is 0. The van der Waals surface area contributed by atoms with Gasteiger partial charge >= 0.3 is 5.97 Å². The van der Waals surface area contributed by atoms with Crippen molar-refractivity contribution < 1.29 is 23.9 Å². The van der Waals surface area contributed by atoms with Crippen LogP contribution < -0.4 is 10.1 Å². The van der Waals surface area contributed by atoms with E-state index in [0.29, 0.717) is 32.0 Å². The molecule has 1 fully saturated rings. The van der Waals surface area contributed by atoms with E-state index in [0.717, 1.165) is 17.3 Å². The first-order valence-corrected chi connectivity index (χ1v) is 12.3. The van der Waals surface area contributed by atoms with Crippen LogP contribution in [0.1, 0.15) is 22.8 Å². The Morgan fingerprint density at radius 2 is 1.72 bits per heavy atom. The molecule has 2 amide bonds. The first-order valence-electron chi connectivity index (χ1n) is 11.1. The number of para-hydroxylation sites is 1. The molecule has 0 aliphatic carbocycles. The van der Waals surface area contributed by atoms with E-state index < -0.39 is 11.9 Å². The Balaban J connectivity index is 1.38. The minimum absolute atomic E-state index is 0.223. The fourth-order valence-electron chi connectivity index (χ4n) is 3.33. The molecule has 1 N–H and O–H groups in total. The number of carbonyl (C=O) groups excluding carboxylic acids is 3. The van der Waals surface area contributed by atoms with Gasteiger partial charge < -0.3 is 14.8 Å². The van der Waals surface area contributed by atoms with Gasteiger partial charge in [-0.1, -0.05) is 54.3 Å². The van der Waals surface area contributed by atoms with Crippen molar-refractivity contribution in [3.63, 3.8) is 0 Å². The van der Waals surface area contributed by atoms with Crippen molar-refractivity contribution in [3.05, 3.63) is 94.9 Å². The first kappa shape index (κ1) is 25.2. The molecule has 36 heavy (non-hydrogen) atoms. The molecule has 0 saturated carbocycles. The van der Waals surface area contributed by atoms with E-state index in [9.17, 15) is 14.4 Å². The lowest BCUT2D eigenvalue weighted by Crippen LogP contribution is -2.36. The number of thioether (sulfide) groups is 1. The number of esters is 1. The number of anilines is 1. The van der Waals surface area contributed by atoms with E-state index in [4.69, 9.17) is 21.7 Å². The highest BCUT2D eigenvalue weighted by Gasteiger charge is 2.33. The molecule has 3 aromatic carbocycles. The smallest absolute Gasteiger partial charge is 0.338 e. The van der Waals surface area contributed by atoms with Gasteiger partial charge in [0.2, 0.25) is 5.91 Å². The summed E-state index contributed by atoms with van der Waals surface area (Å²) in [4.78, 5) is 39.0.